The fourth-order valence-corrected chi connectivity index (χ4v) is 2.02. The van der Waals surface area contributed by atoms with Crippen LogP contribution in [0.2, 0.25) is 0 Å². The van der Waals surface area contributed by atoms with Gasteiger partial charge in [-0.25, -0.2) is 0 Å². The second-order valence-corrected chi connectivity index (χ2v) is 5.54. The van der Waals surface area contributed by atoms with Crippen molar-refractivity contribution in [1.29, 1.82) is 0 Å². The molecular formula is C14H32N2O. The van der Waals surface area contributed by atoms with Crippen LogP contribution in [0.5, 0.6) is 0 Å². The third-order valence-electron chi connectivity index (χ3n) is 3.90. The van der Waals surface area contributed by atoms with E-state index in [1.165, 1.54) is 25.7 Å². The number of nitrogens with one attached hydrogen (secondary N) is 1. The van der Waals surface area contributed by atoms with Crippen LogP contribution >= 0.6 is 0 Å². The number of aliphatic hydroxyl groups is 1. The van der Waals surface area contributed by atoms with E-state index in [1.54, 1.807) is 0 Å². The van der Waals surface area contributed by atoms with E-state index in [0.29, 0.717) is 6.04 Å². The smallest absolute Gasteiger partial charge is 0.0610 e. The molecule has 3 nitrogen and oxygen atoms in total. The lowest BCUT2D eigenvalue weighted by Gasteiger charge is -2.28. The number of hydrogen-bond acceptors (Lipinski definition) is 3. The summed E-state index contributed by atoms with van der Waals surface area (Å²) in [5.74, 6) is 0. The van der Waals surface area contributed by atoms with Gasteiger partial charge in [0.25, 0.3) is 0 Å². The lowest BCUT2D eigenvalue weighted by molar-refractivity contribution is 0.167. The van der Waals surface area contributed by atoms with Crippen molar-refractivity contribution in [2.45, 2.75) is 64.5 Å². The van der Waals surface area contributed by atoms with Gasteiger partial charge >= 0.3 is 0 Å². The number of rotatable bonds is 10. The van der Waals surface area contributed by atoms with Crippen molar-refractivity contribution in [1.82, 2.24) is 10.2 Å². The van der Waals surface area contributed by atoms with Crippen molar-refractivity contribution in [3.8, 4) is 0 Å². The summed E-state index contributed by atoms with van der Waals surface area (Å²) in [4.78, 5) is 2.44. The lowest BCUT2D eigenvalue weighted by atomic mass is 9.96. The number of nitrogens with zero attached hydrogens (tertiary/aromatic N) is 1. The number of unbranched alkanes of at least 4 members (excludes halogenated alkanes) is 1. The van der Waals surface area contributed by atoms with Gasteiger partial charge in [0.2, 0.25) is 0 Å². The van der Waals surface area contributed by atoms with Crippen LogP contribution in [0.4, 0.5) is 0 Å². The standard InChI is InChI=1S/C14H32N2O/c1-6-9-13(2)16(5)11-8-7-10-14(3,12-17)15-4/h13,15,17H,6-12H2,1-5H3. The molecule has 0 bridgehead atoms. The van der Waals surface area contributed by atoms with Gasteiger partial charge < -0.3 is 15.3 Å². The molecule has 0 aliphatic carbocycles. The second-order valence-electron chi connectivity index (χ2n) is 5.54. The van der Waals surface area contributed by atoms with Crippen molar-refractivity contribution < 1.29 is 5.11 Å². The zero-order valence-corrected chi connectivity index (χ0v) is 12.4. The molecule has 0 fully saturated rings. The van der Waals surface area contributed by atoms with Gasteiger partial charge in [0.15, 0.2) is 0 Å². The van der Waals surface area contributed by atoms with Crippen molar-refractivity contribution in [3.63, 3.8) is 0 Å². The van der Waals surface area contributed by atoms with E-state index in [9.17, 15) is 5.11 Å². The molecule has 0 aliphatic rings. The summed E-state index contributed by atoms with van der Waals surface area (Å²) in [6, 6.07) is 0.688. The van der Waals surface area contributed by atoms with Crippen molar-refractivity contribution in [2.24, 2.45) is 0 Å². The minimum absolute atomic E-state index is 0.104. The molecule has 0 rings (SSSR count). The summed E-state index contributed by atoms with van der Waals surface area (Å²) in [5, 5.41) is 12.5. The Balaban J connectivity index is 3.70. The quantitative estimate of drug-likeness (QED) is 0.579. The molecule has 0 radical (unpaired) electrons. The first-order valence-corrected chi connectivity index (χ1v) is 6.99. The van der Waals surface area contributed by atoms with Gasteiger partial charge in [0.05, 0.1) is 6.61 Å². The second kappa shape index (κ2) is 8.90. The highest BCUT2D eigenvalue weighted by Gasteiger charge is 2.19. The first-order valence-electron chi connectivity index (χ1n) is 6.99. The molecular weight excluding hydrogens is 212 g/mol. The van der Waals surface area contributed by atoms with Crippen molar-refractivity contribution in [3.05, 3.63) is 0 Å². The van der Waals surface area contributed by atoms with E-state index < -0.39 is 0 Å². The van der Waals surface area contributed by atoms with Crippen molar-refractivity contribution >= 4 is 0 Å². The van der Waals surface area contributed by atoms with Gasteiger partial charge in [0.1, 0.15) is 0 Å². The van der Waals surface area contributed by atoms with Gasteiger partial charge in [-0.2, -0.15) is 0 Å². The maximum Gasteiger partial charge on any atom is 0.0610 e. The molecule has 2 unspecified atom stereocenters. The molecule has 0 aromatic heterocycles. The topological polar surface area (TPSA) is 35.5 Å². The highest BCUT2D eigenvalue weighted by molar-refractivity contribution is 4.80. The molecule has 0 saturated carbocycles. The zero-order chi connectivity index (χ0) is 13.3. The molecule has 0 aliphatic heterocycles. The molecule has 3 heteroatoms. The monoisotopic (exact) mass is 244 g/mol. The first-order chi connectivity index (χ1) is 7.99. The molecule has 17 heavy (non-hydrogen) atoms. The Bertz CT molecular complexity index is 181. The molecule has 2 atom stereocenters. The number of aliphatic hydroxyl groups excluding tert-OH is 1. The lowest BCUT2D eigenvalue weighted by Crippen LogP contribution is -2.43. The molecule has 0 amide bonds. The van der Waals surface area contributed by atoms with Gasteiger partial charge in [0, 0.05) is 11.6 Å². The van der Waals surface area contributed by atoms with E-state index in [1.807, 2.05) is 7.05 Å². The van der Waals surface area contributed by atoms with Gasteiger partial charge in [-0.1, -0.05) is 19.8 Å². The van der Waals surface area contributed by atoms with E-state index in [-0.39, 0.29) is 12.1 Å². The van der Waals surface area contributed by atoms with Gasteiger partial charge in [-0.15, -0.1) is 0 Å². The Morgan fingerprint density at radius 3 is 2.47 bits per heavy atom. The summed E-state index contributed by atoms with van der Waals surface area (Å²) in [6.07, 6.45) is 5.95. The normalized spacial score (nSPS) is 17.1. The molecule has 104 valence electrons. The predicted octanol–water partition coefficient (Wildman–Crippen LogP) is 2.25. The molecule has 0 aromatic rings. The van der Waals surface area contributed by atoms with Crippen LogP contribution in [-0.4, -0.2) is 48.8 Å². The first kappa shape index (κ1) is 16.9. The minimum atomic E-state index is -0.104. The Hall–Kier alpha value is -0.120. The maximum absolute atomic E-state index is 9.28. The summed E-state index contributed by atoms with van der Waals surface area (Å²) in [7, 11) is 4.13. The molecule has 0 saturated heterocycles. The summed E-state index contributed by atoms with van der Waals surface area (Å²) < 4.78 is 0. The summed E-state index contributed by atoms with van der Waals surface area (Å²) in [6.45, 7) is 7.99. The molecule has 0 aromatic carbocycles. The Labute approximate surface area is 108 Å². The highest BCUT2D eigenvalue weighted by atomic mass is 16.3. The fourth-order valence-electron chi connectivity index (χ4n) is 2.02. The maximum atomic E-state index is 9.28. The van der Waals surface area contributed by atoms with Crippen LogP contribution in [0.1, 0.15) is 52.9 Å². The van der Waals surface area contributed by atoms with Crippen LogP contribution < -0.4 is 5.32 Å². The Kier molecular flexibility index (Phi) is 8.83. The van der Waals surface area contributed by atoms with Crippen LogP contribution in [0, 0.1) is 0 Å². The van der Waals surface area contributed by atoms with Crippen LogP contribution in [0.25, 0.3) is 0 Å². The Morgan fingerprint density at radius 1 is 1.35 bits per heavy atom. The molecule has 0 heterocycles. The fraction of sp³-hybridized carbons (Fsp3) is 1.00. The largest absolute Gasteiger partial charge is 0.394 e. The van der Waals surface area contributed by atoms with Crippen LogP contribution in [0.3, 0.4) is 0 Å². The van der Waals surface area contributed by atoms with E-state index >= 15 is 0 Å². The average molecular weight is 244 g/mol. The summed E-state index contributed by atoms with van der Waals surface area (Å²) in [5.41, 5.74) is -0.104. The third kappa shape index (κ3) is 7.02. The van der Waals surface area contributed by atoms with Gasteiger partial charge in [-0.05, 0) is 53.8 Å². The predicted molar refractivity (Wildman–Crippen MR) is 75.4 cm³/mol. The zero-order valence-electron chi connectivity index (χ0n) is 12.4. The average Bonchev–Trinajstić information content (AvgIpc) is 2.34. The number of likely N-dealkylation sites (N-methyl/N-ethyl adjacent to an activating group) is 1. The van der Waals surface area contributed by atoms with E-state index in [2.05, 4.69) is 38.0 Å². The summed E-state index contributed by atoms with van der Waals surface area (Å²) >= 11 is 0. The molecule has 2 N–H and O–H groups in total. The van der Waals surface area contributed by atoms with Crippen molar-refractivity contribution in [2.75, 3.05) is 27.2 Å². The SMILES string of the molecule is CCCC(C)N(C)CCCCC(C)(CO)NC. The third-order valence-corrected chi connectivity index (χ3v) is 3.90. The van der Waals surface area contributed by atoms with E-state index in [4.69, 9.17) is 0 Å². The Morgan fingerprint density at radius 2 is 2.00 bits per heavy atom. The minimum Gasteiger partial charge on any atom is -0.394 e. The van der Waals surface area contributed by atoms with Gasteiger partial charge in [-0.3, -0.25) is 0 Å². The van der Waals surface area contributed by atoms with E-state index in [0.717, 1.165) is 13.0 Å². The molecule has 0 spiro atoms. The number of hydrogen-bond donors (Lipinski definition) is 2. The van der Waals surface area contributed by atoms with Crippen LogP contribution in [0.15, 0.2) is 0 Å². The van der Waals surface area contributed by atoms with Crippen LogP contribution in [-0.2, 0) is 0 Å². The highest BCUT2D eigenvalue weighted by Crippen LogP contribution is 2.13.